The third kappa shape index (κ3) is 5.33. The minimum atomic E-state index is -0.171. The van der Waals surface area contributed by atoms with Crippen LogP contribution in [0.5, 0.6) is 0 Å². The van der Waals surface area contributed by atoms with Gasteiger partial charge in [0, 0.05) is 25.7 Å². The largest absolute Gasteiger partial charge is 0.379 e. The van der Waals surface area contributed by atoms with Crippen LogP contribution in [0, 0.1) is 0 Å². The molecule has 0 aliphatic carbocycles. The van der Waals surface area contributed by atoms with E-state index in [0.29, 0.717) is 11.0 Å². The highest BCUT2D eigenvalue weighted by Crippen LogP contribution is 2.27. The fourth-order valence-corrected chi connectivity index (χ4v) is 4.38. The van der Waals surface area contributed by atoms with Gasteiger partial charge in [0.1, 0.15) is 0 Å². The fraction of sp³-hybridized carbons (Fsp3) is 0.333. The third-order valence-electron chi connectivity index (χ3n) is 5.22. The van der Waals surface area contributed by atoms with Gasteiger partial charge < -0.3 is 4.74 Å². The third-order valence-corrected chi connectivity index (χ3v) is 6.16. The molecule has 1 N–H and O–H groups in total. The molecule has 2 aromatic carbocycles. The Hall–Kier alpha value is -2.54. The first-order valence-electron chi connectivity index (χ1n) is 10.4. The Bertz CT molecular complexity index is 1030. The van der Waals surface area contributed by atoms with Crippen LogP contribution in [0.4, 0.5) is 5.13 Å². The number of anilines is 1. The minimum Gasteiger partial charge on any atom is -0.379 e. The van der Waals surface area contributed by atoms with Crippen LogP contribution in [-0.4, -0.2) is 42.1 Å². The molecular formula is C24H27N3O2S. The first-order valence-corrected chi connectivity index (χ1v) is 11.2. The summed E-state index contributed by atoms with van der Waals surface area (Å²) in [7, 11) is 0. The summed E-state index contributed by atoms with van der Waals surface area (Å²) >= 11 is 1.51. The second kappa shape index (κ2) is 9.51. The molecule has 0 saturated carbocycles. The van der Waals surface area contributed by atoms with E-state index in [4.69, 9.17) is 4.74 Å². The van der Waals surface area contributed by atoms with Crippen molar-refractivity contribution in [2.75, 3.05) is 31.6 Å². The number of nitrogens with one attached hydrogen (secondary N) is 1. The molecule has 1 saturated heterocycles. The first kappa shape index (κ1) is 20.7. The lowest BCUT2D eigenvalue weighted by Gasteiger charge is -2.26. The minimum absolute atomic E-state index is 0.171. The molecule has 1 aliphatic heterocycles. The zero-order valence-electron chi connectivity index (χ0n) is 17.4. The predicted octanol–water partition coefficient (Wildman–Crippen LogP) is 4.90. The van der Waals surface area contributed by atoms with Gasteiger partial charge in [0.15, 0.2) is 5.13 Å². The van der Waals surface area contributed by atoms with Crippen LogP contribution >= 0.6 is 11.3 Å². The van der Waals surface area contributed by atoms with Gasteiger partial charge in [0.2, 0.25) is 5.91 Å². The topological polar surface area (TPSA) is 54.5 Å². The molecule has 6 heteroatoms. The van der Waals surface area contributed by atoms with Crippen molar-refractivity contribution in [2.24, 2.45) is 0 Å². The lowest BCUT2D eigenvalue weighted by Crippen LogP contribution is -2.35. The molecule has 1 aliphatic rings. The molecule has 3 aromatic rings. The molecule has 4 rings (SSSR count). The summed E-state index contributed by atoms with van der Waals surface area (Å²) in [6, 6.07) is 14.6. The standard InChI is InChI=1S/C24H27N3O2S/c1-17(2)20-7-3-18(4-8-20)6-10-23(28)26-24-25-21-9-5-19(15-22(21)30-24)16-27-11-13-29-14-12-27/h3-10,15,17H,11-14,16H2,1-2H3,(H,25,26,28)/b10-6+. The van der Waals surface area contributed by atoms with E-state index in [2.05, 4.69) is 53.3 Å². The molecule has 0 atom stereocenters. The van der Waals surface area contributed by atoms with Crippen molar-refractivity contribution in [2.45, 2.75) is 26.3 Å². The summed E-state index contributed by atoms with van der Waals surface area (Å²) < 4.78 is 6.50. The number of ether oxygens (including phenoxy) is 1. The summed E-state index contributed by atoms with van der Waals surface area (Å²) in [6.45, 7) is 8.78. The van der Waals surface area contributed by atoms with Crippen LogP contribution in [0.3, 0.4) is 0 Å². The number of carbonyl (C=O) groups is 1. The van der Waals surface area contributed by atoms with Gasteiger partial charge in [0.05, 0.1) is 23.4 Å². The highest BCUT2D eigenvalue weighted by atomic mass is 32.1. The molecule has 5 nitrogen and oxygen atoms in total. The van der Waals surface area contributed by atoms with Crippen LogP contribution in [0.1, 0.15) is 36.5 Å². The van der Waals surface area contributed by atoms with Crippen molar-refractivity contribution in [3.8, 4) is 0 Å². The van der Waals surface area contributed by atoms with E-state index < -0.39 is 0 Å². The predicted molar refractivity (Wildman–Crippen MR) is 124 cm³/mol. The van der Waals surface area contributed by atoms with Crippen LogP contribution < -0.4 is 5.32 Å². The first-order chi connectivity index (χ1) is 14.6. The Morgan fingerprint density at radius 2 is 1.97 bits per heavy atom. The molecule has 1 aromatic heterocycles. The van der Waals surface area contributed by atoms with E-state index >= 15 is 0 Å². The normalized spacial score (nSPS) is 15.3. The number of hydrogen-bond donors (Lipinski definition) is 1. The van der Waals surface area contributed by atoms with Crippen LogP contribution in [0.25, 0.3) is 16.3 Å². The number of morpholine rings is 1. The van der Waals surface area contributed by atoms with Gasteiger partial charge in [0.25, 0.3) is 0 Å². The summed E-state index contributed by atoms with van der Waals surface area (Å²) in [5.41, 5.74) is 4.47. The van der Waals surface area contributed by atoms with Crippen LogP contribution in [-0.2, 0) is 16.1 Å². The lowest BCUT2D eigenvalue weighted by atomic mass is 10.0. The van der Waals surface area contributed by atoms with Gasteiger partial charge >= 0.3 is 0 Å². The SMILES string of the molecule is CC(C)c1ccc(/C=C/C(=O)Nc2nc3ccc(CN4CCOCC4)cc3s2)cc1. The van der Waals surface area contributed by atoms with Crippen molar-refractivity contribution in [1.82, 2.24) is 9.88 Å². The van der Waals surface area contributed by atoms with Crippen LogP contribution in [0.15, 0.2) is 48.5 Å². The number of thiazole rings is 1. The number of rotatable bonds is 6. The van der Waals surface area contributed by atoms with Crippen molar-refractivity contribution >= 4 is 38.7 Å². The van der Waals surface area contributed by atoms with Gasteiger partial charge in [-0.15, -0.1) is 0 Å². The maximum Gasteiger partial charge on any atom is 0.250 e. The van der Waals surface area contributed by atoms with E-state index in [1.807, 2.05) is 24.3 Å². The van der Waals surface area contributed by atoms with Gasteiger partial charge in [-0.05, 0) is 40.8 Å². The van der Waals surface area contributed by atoms with E-state index in [1.54, 1.807) is 6.08 Å². The number of carbonyl (C=O) groups excluding carboxylic acids is 1. The zero-order valence-corrected chi connectivity index (χ0v) is 18.2. The fourth-order valence-electron chi connectivity index (χ4n) is 3.45. The number of fused-ring (bicyclic) bond motifs is 1. The van der Waals surface area contributed by atoms with Crippen molar-refractivity contribution in [3.63, 3.8) is 0 Å². The molecule has 1 amide bonds. The van der Waals surface area contributed by atoms with Crippen LogP contribution in [0.2, 0.25) is 0 Å². The Balaban J connectivity index is 1.38. The Kier molecular flexibility index (Phi) is 6.57. The zero-order chi connectivity index (χ0) is 20.9. The number of amides is 1. The molecule has 0 unspecified atom stereocenters. The molecular weight excluding hydrogens is 394 g/mol. The Labute approximate surface area is 181 Å². The lowest BCUT2D eigenvalue weighted by molar-refractivity contribution is -0.111. The van der Waals surface area contributed by atoms with Crippen molar-refractivity contribution < 1.29 is 9.53 Å². The Morgan fingerprint density at radius 3 is 2.70 bits per heavy atom. The molecule has 0 bridgehead atoms. The van der Waals surface area contributed by atoms with E-state index in [0.717, 1.165) is 48.6 Å². The van der Waals surface area contributed by atoms with E-state index in [9.17, 15) is 4.79 Å². The molecule has 156 valence electrons. The quantitative estimate of drug-likeness (QED) is 0.575. The number of benzene rings is 2. The number of hydrogen-bond acceptors (Lipinski definition) is 5. The smallest absolute Gasteiger partial charge is 0.250 e. The maximum absolute atomic E-state index is 12.3. The maximum atomic E-state index is 12.3. The molecule has 2 heterocycles. The highest BCUT2D eigenvalue weighted by Gasteiger charge is 2.12. The average molecular weight is 422 g/mol. The summed E-state index contributed by atoms with van der Waals surface area (Å²) in [6.07, 6.45) is 3.38. The monoisotopic (exact) mass is 421 g/mol. The molecule has 0 spiro atoms. The van der Waals surface area contributed by atoms with E-state index in [1.165, 1.54) is 22.5 Å². The van der Waals surface area contributed by atoms with Gasteiger partial charge in [-0.25, -0.2) is 4.98 Å². The number of nitrogens with zero attached hydrogens (tertiary/aromatic N) is 2. The highest BCUT2D eigenvalue weighted by molar-refractivity contribution is 7.22. The van der Waals surface area contributed by atoms with Gasteiger partial charge in [-0.1, -0.05) is 55.5 Å². The van der Waals surface area contributed by atoms with Gasteiger partial charge in [-0.3, -0.25) is 15.0 Å². The van der Waals surface area contributed by atoms with E-state index in [-0.39, 0.29) is 5.91 Å². The second-order valence-corrected chi connectivity index (χ2v) is 8.88. The van der Waals surface area contributed by atoms with Gasteiger partial charge in [-0.2, -0.15) is 0 Å². The summed E-state index contributed by atoms with van der Waals surface area (Å²) in [4.78, 5) is 19.3. The molecule has 1 fully saturated rings. The average Bonchev–Trinajstić information content (AvgIpc) is 3.14. The van der Waals surface area contributed by atoms with Crippen molar-refractivity contribution in [1.29, 1.82) is 0 Å². The molecule has 30 heavy (non-hydrogen) atoms. The van der Waals surface area contributed by atoms with Crippen molar-refractivity contribution in [3.05, 3.63) is 65.2 Å². The number of aromatic nitrogens is 1. The Morgan fingerprint density at radius 1 is 1.20 bits per heavy atom. The molecule has 0 radical (unpaired) electrons. The summed E-state index contributed by atoms with van der Waals surface area (Å²) in [5, 5.41) is 3.51. The second-order valence-electron chi connectivity index (χ2n) is 7.85. The summed E-state index contributed by atoms with van der Waals surface area (Å²) in [5.74, 6) is 0.329.